The van der Waals surface area contributed by atoms with Crippen LogP contribution in [0.3, 0.4) is 0 Å². The summed E-state index contributed by atoms with van der Waals surface area (Å²) in [5.74, 6) is 3.33. The molecule has 1 aliphatic carbocycles. The van der Waals surface area contributed by atoms with Crippen molar-refractivity contribution in [2.24, 2.45) is 17.1 Å². The molecular weight excluding hydrogens is 252 g/mol. The van der Waals surface area contributed by atoms with Crippen LogP contribution in [0.1, 0.15) is 52.9 Å². The molecule has 2 rings (SSSR count). The lowest BCUT2D eigenvalue weighted by atomic mass is 9.76. The molecule has 112 valence electrons. The van der Waals surface area contributed by atoms with Gasteiger partial charge in [0.25, 0.3) is 0 Å². The summed E-state index contributed by atoms with van der Waals surface area (Å²) in [6.45, 7) is 8.05. The summed E-state index contributed by atoms with van der Waals surface area (Å²) < 4.78 is 0. The van der Waals surface area contributed by atoms with Crippen LogP contribution in [0.5, 0.6) is 0 Å². The van der Waals surface area contributed by atoms with Gasteiger partial charge in [-0.05, 0) is 43.4 Å². The molecule has 19 heavy (non-hydrogen) atoms. The molecule has 2 aliphatic rings. The number of rotatable bonds is 3. The maximum Gasteiger partial charge on any atom is 0.0427 e. The monoisotopic (exact) mass is 284 g/mol. The van der Waals surface area contributed by atoms with Gasteiger partial charge in [-0.15, -0.1) is 0 Å². The van der Waals surface area contributed by atoms with Gasteiger partial charge in [0.1, 0.15) is 0 Å². The highest BCUT2D eigenvalue weighted by Crippen LogP contribution is 2.43. The van der Waals surface area contributed by atoms with E-state index in [0.29, 0.717) is 5.41 Å². The average Bonchev–Trinajstić information content (AvgIpc) is 2.37. The molecule has 0 spiro atoms. The SMILES string of the molecule is CC1CCCCC1N(C)C1(CN)CSCC(C)(C)C1. The molecule has 0 radical (unpaired) electrons. The lowest BCUT2D eigenvalue weighted by Crippen LogP contribution is -2.62. The predicted octanol–water partition coefficient (Wildman–Crippen LogP) is 3.36. The van der Waals surface area contributed by atoms with Crippen LogP contribution in [-0.4, -0.2) is 41.6 Å². The molecule has 3 heteroatoms. The summed E-state index contributed by atoms with van der Waals surface area (Å²) in [5, 5.41) is 0. The van der Waals surface area contributed by atoms with Crippen molar-refractivity contribution in [1.29, 1.82) is 0 Å². The first-order valence-electron chi connectivity index (χ1n) is 7.91. The van der Waals surface area contributed by atoms with Crippen molar-refractivity contribution in [3.05, 3.63) is 0 Å². The van der Waals surface area contributed by atoms with Gasteiger partial charge >= 0.3 is 0 Å². The maximum atomic E-state index is 6.26. The number of nitrogens with zero attached hydrogens (tertiary/aromatic N) is 1. The quantitative estimate of drug-likeness (QED) is 0.861. The van der Waals surface area contributed by atoms with E-state index in [9.17, 15) is 0 Å². The summed E-state index contributed by atoms with van der Waals surface area (Å²) in [6.07, 6.45) is 6.83. The number of hydrogen-bond donors (Lipinski definition) is 1. The molecule has 0 aromatic rings. The Labute approximate surface area is 123 Å². The van der Waals surface area contributed by atoms with E-state index in [0.717, 1.165) is 18.5 Å². The molecule has 0 aromatic carbocycles. The van der Waals surface area contributed by atoms with Crippen LogP contribution in [0.25, 0.3) is 0 Å². The van der Waals surface area contributed by atoms with E-state index < -0.39 is 0 Å². The van der Waals surface area contributed by atoms with Crippen LogP contribution in [0, 0.1) is 11.3 Å². The van der Waals surface area contributed by atoms with E-state index >= 15 is 0 Å². The summed E-state index contributed by atoms with van der Waals surface area (Å²) in [6, 6.07) is 0.742. The first-order valence-corrected chi connectivity index (χ1v) is 9.06. The van der Waals surface area contributed by atoms with E-state index in [4.69, 9.17) is 5.73 Å². The van der Waals surface area contributed by atoms with Crippen molar-refractivity contribution in [2.45, 2.75) is 64.5 Å². The Morgan fingerprint density at radius 1 is 1.21 bits per heavy atom. The van der Waals surface area contributed by atoms with Gasteiger partial charge in [0, 0.05) is 23.9 Å². The van der Waals surface area contributed by atoms with E-state index in [-0.39, 0.29) is 5.54 Å². The standard InChI is InChI=1S/C16H32N2S/c1-13-7-5-6-8-14(13)18(4)16(10-17)9-15(2,3)11-19-12-16/h13-14H,5-12,17H2,1-4H3. The van der Waals surface area contributed by atoms with Crippen LogP contribution < -0.4 is 5.73 Å². The first-order chi connectivity index (χ1) is 8.90. The molecule has 2 fully saturated rings. The fraction of sp³-hybridized carbons (Fsp3) is 1.00. The lowest BCUT2D eigenvalue weighted by Gasteiger charge is -2.53. The predicted molar refractivity (Wildman–Crippen MR) is 86.7 cm³/mol. The number of hydrogen-bond acceptors (Lipinski definition) is 3. The Morgan fingerprint density at radius 3 is 2.47 bits per heavy atom. The van der Waals surface area contributed by atoms with Crippen LogP contribution >= 0.6 is 11.8 Å². The highest BCUT2D eigenvalue weighted by atomic mass is 32.2. The van der Waals surface area contributed by atoms with Crippen LogP contribution in [0.15, 0.2) is 0 Å². The Balaban J connectivity index is 2.15. The van der Waals surface area contributed by atoms with Crippen molar-refractivity contribution in [2.75, 3.05) is 25.1 Å². The number of likely N-dealkylation sites (N-methyl/N-ethyl adjacent to an activating group) is 1. The van der Waals surface area contributed by atoms with Crippen molar-refractivity contribution in [3.8, 4) is 0 Å². The summed E-state index contributed by atoms with van der Waals surface area (Å²) >= 11 is 2.11. The Morgan fingerprint density at radius 2 is 1.89 bits per heavy atom. The smallest absolute Gasteiger partial charge is 0.0427 e. The summed E-state index contributed by atoms with van der Waals surface area (Å²) in [4.78, 5) is 2.69. The van der Waals surface area contributed by atoms with Gasteiger partial charge in [0.2, 0.25) is 0 Å². The summed E-state index contributed by atoms with van der Waals surface area (Å²) in [7, 11) is 2.35. The minimum Gasteiger partial charge on any atom is -0.329 e. The van der Waals surface area contributed by atoms with E-state index in [2.05, 4.69) is 44.5 Å². The van der Waals surface area contributed by atoms with Crippen molar-refractivity contribution < 1.29 is 0 Å². The van der Waals surface area contributed by atoms with Crippen molar-refractivity contribution >= 4 is 11.8 Å². The molecule has 0 aromatic heterocycles. The topological polar surface area (TPSA) is 29.3 Å². The van der Waals surface area contributed by atoms with E-state index in [1.54, 1.807) is 0 Å². The first kappa shape index (κ1) is 15.7. The molecule has 0 bridgehead atoms. The minimum absolute atomic E-state index is 0.225. The van der Waals surface area contributed by atoms with E-state index in [1.165, 1.54) is 43.6 Å². The molecule has 0 amide bonds. The zero-order chi connectivity index (χ0) is 14.1. The van der Waals surface area contributed by atoms with Crippen LogP contribution in [0.4, 0.5) is 0 Å². The Hall–Kier alpha value is 0.270. The van der Waals surface area contributed by atoms with Gasteiger partial charge in [-0.2, -0.15) is 11.8 Å². The zero-order valence-corrected chi connectivity index (χ0v) is 14.1. The molecule has 1 aliphatic heterocycles. The van der Waals surface area contributed by atoms with Gasteiger partial charge in [0.05, 0.1) is 0 Å². The fourth-order valence-corrected chi connectivity index (χ4v) is 5.80. The average molecular weight is 285 g/mol. The zero-order valence-electron chi connectivity index (χ0n) is 13.2. The second kappa shape index (κ2) is 5.95. The number of thioether (sulfide) groups is 1. The normalized spacial score (nSPS) is 39.5. The second-order valence-electron chi connectivity index (χ2n) is 7.70. The van der Waals surface area contributed by atoms with E-state index in [1.807, 2.05) is 0 Å². The fourth-order valence-electron chi connectivity index (χ4n) is 4.24. The lowest BCUT2D eigenvalue weighted by molar-refractivity contribution is 0.0178. The molecule has 3 atom stereocenters. The third-order valence-electron chi connectivity index (χ3n) is 5.36. The van der Waals surface area contributed by atoms with Gasteiger partial charge < -0.3 is 5.73 Å². The summed E-state index contributed by atoms with van der Waals surface area (Å²) in [5.41, 5.74) is 6.91. The van der Waals surface area contributed by atoms with Gasteiger partial charge in [0.15, 0.2) is 0 Å². The largest absolute Gasteiger partial charge is 0.329 e. The van der Waals surface area contributed by atoms with Crippen molar-refractivity contribution in [1.82, 2.24) is 4.90 Å². The Kier molecular flexibility index (Phi) is 4.90. The molecule has 1 saturated heterocycles. The number of nitrogens with two attached hydrogens (primary N) is 1. The molecular formula is C16H32N2S. The van der Waals surface area contributed by atoms with Crippen LogP contribution in [0.2, 0.25) is 0 Å². The molecule has 2 nitrogen and oxygen atoms in total. The Bertz CT molecular complexity index is 305. The van der Waals surface area contributed by atoms with Gasteiger partial charge in [-0.3, -0.25) is 4.90 Å². The third kappa shape index (κ3) is 3.30. The van der Waals surface area contributed by atoms with Crippen LogP contribution in [-0.2, 0) is 0 Å². The molecule has 2 N–H and O–H groups in total. The molecule has 1 saturated carbocycles. The highest BCUT2D eigenvalue weighted by molar-refractivity contribution is 7.99. The maximum absolute atomic E-state index is 6.26. The third-order valence-corrected chi connectivity index (χ3v) is 7.09. The van der Waals surface area contributed by atoms with Gasteiger partial charge in [-0.1, -0.05) is 33.6 Å². The van der Waals surface area contributed by atoms with Crippen molar-refractivity contribution in [3.63, 3.8) is 0 Å². The van der Waals surface area contributed by atoms with Gasteiger partial charge in [-0.25, -0.2) is 0 Å². The minimum atomic E-state index is 0.225. The molecule has 1 heterocycles. The second-order valence-corrected chi connectivity index (χ2v) is 8.69. The molecule has 3 unspecified atom stereocenters. The highest BCUT2D eigenvalue weighted by Gasteiger charge is 2.45.